The average Bonchev–Trinajstić information content (AvgIpc) is 3.20. The van der Waals surface area contributed by atoms with Gasteiger partial charge in [0.25, 0.3) is 0 Å². The molecule has 1 atom stereocenters. The molecule has 0 aliphatic carbocycles. The summed E-state index contributed by atoms with van der Waals surface area (Å²) in [7, 11) is 1.60. The fourth-order valence-corrected chi connectivity index (χ4v) is 2.85. The first-order valence-corrected chi connectivity index (χ1v) is 8.52. The van der Waals surface area contributed by atoms with Crippen LogP contribution in [0.25, 0.3) is 0 Å². The lowest BCUT2D eigenvalue weighted by Gasteiger charge is -2.24. The molecule has 1 amide bonds. The van der Waals surface area contributed by atoms with Crippen molar-refractivity contribution in [3.63, 3.8) is 0 Å². The van der Waals surface area contributed by atoms with E-state index in [0.717, 1.165) is 17.7 Å². The van der Waals surface area contributed by atoms with E-state index in [4.69, 9.17) is 0 Å². The molecule has 0 spiro atoms. The van der Waals surface area contributed by atoms with Crippen molar-refractivity contribution < 1.29 is 18.0 Å². The SMILES string of the molecule is CN(Cc1ccc(C(F)(F)F)cc1)C(=O)C(Cc1ccccc1)n1cnnn1. The van der Waals surface area contributed by atoms with Crippen LogP contribution < -0.4 is 0 Å². The highest BCUT2D eigenvalue weighted by Crippen LogP contribution is 2.29. The van der Waals surface area contributed by atoms with Gasteiger partial charge in [0.15, 0.2) is 0 Å². The summed E-state index contributed by atoms with van der Waals surface area (Å²) in [6.45, 7) is 0.171. The normalized spacial score (nSPS) is 12.6. The first kappa shape index (κ1) is 19.5. The standard InChI is InChI=1S/C19H18F3N5O/c1-26(12-15-7-9-16(10-8-15)19(20,21)22)18(28)17(27-13-23-24-25-27)11-14-5-3-2-4-6-14/h2-10,13,17H,11-12H2,1H3. The average molecular weight is 389 g/mol. The van der Waals surface area contributed by atoms with E-state index < -0.39 is 17.8 Å². The van der Waals surface area contributed by atoms with E-state index in [2.05, 4.69) is 15.5 Å². The Bertz CT molecular complexity index is 896. The quantitative estimate of drug-likeness (QED) is 0.650. The maximum absolute atomic E-state index is 13.0. The Morgan fingerprint density at radius 1 is 1.07 bits per heavy atom. The molecule has 6 nitrogen and oxygen atoms in total. The van der Waals surface area contributed by atoms with Gasteiger partial charge in [-0.05, 0) is 33.7 Å². The predicted molar refractivity (Wildman–Crippen MR) is 94.9 cm³/mol. The minimum atomic E-state index is -4.39. The van der Waals surface area contributed by atoms with E-state index in [-0.39, 0.29) is 12.5 Å². The summed E-state index contributed by atoms with van der Waals surface area (Å²) in [5.74, 6) is -0.240. The minimum absolute atomic E-state index is 0.171. The van der Waals surface area contributed by atoms with Gasteiger partial charge in [-0.1, -0.05) is 42.5 Å². The van der Waals surface area contributed by atoms with Crippen molar-refractivity contribution in [3.8, 4) is 0 Å². The zero-order valence-corrected chi connectivity index (χ0v) is 15.0. The van der Waals surface area contributed by atoms with Crippen molar-refractivity contribution in [2.24, 2.45) is 0 Å². The molecule has 0 aliphatic rings. The smallest absolute Gasteiger partial charge is 0.340 e. The molecule has 146 valence electrons. The van der Waals surface area contributed by atoms with Crippen LogP contribution in [0.5, 0.6) is 0 Å². The number of halogens is 3. The maximum atomic E-state index is 13.0. The molecule has 1 aromatic heterocycles. The van der Waals surface area contributed by atoms with E-state index in [1.54, 1.807) is 7.05 Å². The summed E-state index contributed by atoms with van der Waals surface area (Å²) >= 11 is 0. The fourth-order valence-electron chi connectivity index (χ4n) is 2.85. The van der Waals surface area contributed by atoms with Gasteiger partial charge in [0.1, 0.15) is 12.4 Å². The van der Waals surface area contributed by atoms with Crippen molar-refractivity contribution in [1.29, 1.82) is 0 Å². The van der Waals surface area contributed by atoms with Gasteiger partial charge in [-0.2, -0.15) is 13.2 Å². The number of alkyl halides is 3. The van der Waals surface area contributed by atoms with Crippen LogP contribution in [0.2, 0.25) is 0 Å². The Morgan fingerprint density at radius 3 is 2.32 bits per heavy atom. The van der Waals surface area contributed by atoms with Crippen LogP contribution in [-0.4, -0.2) is 38.1 Å². The molecule has 0 fully saturated rings. The number of hydrogen-bond donors (Lipinski definition) is 0. The van der Waals surface area contributed by atoms with Crippen LogP contribution in [-0.2, 0) is 23.9 Å². The lowest BCUT2D eigenvalue weighted by Crippen LogP contribution is -2.35. The molecular formula is C19H18F3N5O. The van der Waals surface area contributed by atoms with Gasteiger partial charge in [0, 0.05) is 20.0 Å². The fraction of sp³-hybridized carbons (Fsp3) is 0.263. The number of amides is 1. The molecule has 3 aromatic rings. The van der Waals surface area contributed by atoms with Crippen molar-refractivity contribution in [1.82, 2.24) is 25.1 Å². The van der Waals surface area contributed by atoms with Gasteiger partial charge in [0.2, 0.25) is 5.91 Å². The van der Waals surface area contributed by atoms with E-state index >= 15 is 0 Å². The first-order chi connectivity index (χ1) is 13.3. The Balaban J connectivity index is 1.75. The molecule has 0 radical (unpaired) electrons. The highest BCUT2D eigenvalue weighted by molar-refractivity contribution is 5.80. The Morgan fingerprint density at radius 2 is 1.75 bits per heavy atom. The number of benzene rings is 2. The first-order valence-electron chi connectivity index (χ1n) is 8.52. The second kappa shape index (κ2) is 8.20. The molecule has 1 unspecified atom stereocenters. The van der Waals surface area contributed by atoms with Crippen molar-refractivity contribution >= 4 is 5.91 Å². The zero-order valence-electron chi connectivity index (χ0n) is 15.0. The maximum Gasteiger partial charge on any atom is 0.416 e. The number of carbonyl (C=O) groups is 1. The minimum Gasteiger partial charge on any atom is -0.340 e. The van der Waals surface area contributed by atoms with Crippen molar-refractivity contribution in [2.45, 2.75) is 25.2 Å². The Kier molecular flexibility index (Phi) is 5.72. The third-order valence-electron chi connectivity index (χ3n) is 4.32. The van der Waals surface area contributed by atoms with Gasteiger partial charge >= 0.3 is 6.18 Å². The largest absolute Gasteiger partial charge is 0.416 e. The molecule has 3 rings (SSSR count). The zero-order chi connectivity index (χ0) is 20.1. The molecule has 1 heterocycles. The van der Waals surface area contributed by atoms with Crippen LogP contribution in [0, 0.1) is 0 Å². The number of carbonyl (C=O) groups excluding carboxylic acids is 1. The van der Waals surface area contributed by atoms with Gasteiger partial charge in [-0.15, -0.1) is 5.10 Å². The molecule has 0 saturated carbocycles. The number of hydrogen-bond acceptors (Lipinski definition) is 4. The summed E-state index contributed by atoms with van der Waals surface area (Å²) in [6.07, 6.45) is -2.62. The third kappa shape index (κ3) is 4.73. The number of nitrogens with zero attached hydrogens (tertiary/aromatic N) is 5. The molecule has 0 N–H and O–H groups in total. The second-order valence-electron chi connectivity index (χ2n) is 6.38. The van der Waals surface area contributed by atoms with Crippen LogP contribution >= 0.6 is 0 Å². The third-order valence-corrected chi connectivity index (χ3v) is 4.32. The van der Waals surface area contributed by atoms with E-state index in [0.29, 0.717) is 12.0 Å². The summed E-state index contributed by atoms with van der Waals surface area (Å²) < 4.78 is 39.5. The van der Waals surface area contributed by atoms with Gasteiger partial charge in [-0.25, -0.2) is 4.68 Å². The number of aromatic nitrogens is 4. The van der Waals surface area contributed by atoms with Gasteiger partial charge in [0.05, 0.1) is 5.56 Å². The molecule has 28 heavy (non-hydrogen) atoms. The highest BCUT2D eigenvalue weighted by atomic mass is 19.4. The van der Waals surface area contributed by atoms with Gasteiger partial charge in [-0.3, -0.25) is 4.79 Å². The lowest BCUT2D eigenvalue weighted by molar-refractivity contribution is -0.137. The molecule has 0 bridgehead atoms. The monoisotopic (exact) mass is 389 g/mol. The molecule has 0 saturated heterocycles. The lowest BCUT2D eigenvalue weighted by atomic mass is 10.0. The summed E-state index contributed by atoms with van der Waals surface area (Å²) in [5, 5.41) is 11.0. The highest BCUT2D eigenvalue weighted by Gasteiger charge is 2.30. The topological polar surface area (TPSA) is 63.9 Å². The van der Waals surface area contributed by atoms with Gasteiger partial charge < -0.3 is 4.90 Å². The molecule has 9 heteroatoms. The predicted octanol–water partition coefficient (Wildman–Crippen LogP) is 3.13. The van der Waals surface area contributed by atoms with E-state index in [1.165, 1.54) is 28.0 Å². The Labute approximate surface area is 159 Å². The second-order valence-corrected chi connectivity index (χ2v) is 6.38. The molecular weight excluding hydrogens is 371 g/mol. The molecule has 2 aromatic carbocycles. The molecule has 0 aliphatic heterocycles. The summed E-state index contributed by atoms with van der Waals surface area (Å²) in [4.78, 5) is 14.5. The summed E-state index contributed by atoms with van der Waals surface area (Å²) in [5.41, 5.74) is 0.819. The Hall–Kier alpha value is -3.23. The van der Waals surface area contributed by atoms with Crippen LogP contribution in [0.3, 0.4) is 0 Å². The van der Waals surface area contributed by atoms with Crippen LogP contribution in [0.1, 0.15) is 22.7 Å². The number of tetrazole rings is 1. The number of likely N-dealkylation sites (N-methyl/N-ethyl adjacent to an activating group) is 1. The van der Waals surface area contributed by atoms with Crippen molar-refractivity contribution in [2.75, 3.05) is 7.05 Å². The number of rotatable bonds is 6. The van der Waals surface area contributed by atoms with Crippen LogP contribution in [0.4, 0.5) is 13.2 Å². The van der Waals surface area contributed by atoms with Crippen molar-refractivity contribution in [3.05, 3.63) is 77.6 Å². The van der Waals surface area contributed by atoms with E-state index in [9.17, 15) is 18.0 Å². The van der Waals surface area contributed by atoms with Crippen LogP contribution in [0.15, 0.2) is 60.9 Å². The summed E-state index contributed by atoms with van der Waals surface area (Å²) in [6, 6.07) is 13.6. The van der Waals surface area contributed by atoms with E-state index in [1.807, 2.05) is 30.3 Å².